The van der Waals surface area contributed by atoms with Crippen LogP contribution in [0.2, 0.25) is 0 Å². The number of benzene rings is 1. The summed E-state index contributed by atoms with van der Waals surface area (Å²) >= 11 is 0. The SMILES string of the molecule is CCOC(=O)C1CN1c1ccc(OCC)cc1. The summed E-state index contributed by atoms with van der Waals surface area (Å²) in [5.41, 5.74) is 1.03. The fourth-order valence-corrected chi connectivity index (χ4v) is 1.77. The molecule has 0 N–H and O–H groups in total. The second-order valence-corrected chi connectivity index (χ2v) is 3.85. The van der Waals surface area contributed by atoms with Gasteiger partial charge in [-0.2, -0.15) is 0 Å². The lowest BCUT2D eigenvalue weighted by atomic mass is 10.3. The smallest absolute Gasteiger partial charge is 0.330 e. The molecule has 0 saturated carbocycles. The van der Waals surface area contributed by atoms with E-state index < -0.39 is 0 Å². The zero-order valence-corrected chi connectivity index (χ0v) is 10.2. The lowest BCUT2D eigenvalue weighted by Gasteiger charge is -2.07. The van der Waals surface area contributed by atoms with Crippen molar-refractivity contribution in [2.75, 3.05) is 24.7 Å². The van der Waals surface area contributed by atoms with Gasteiger partial charge in [0, 0.05) is 5.69 Å². The summed E-state index contributed by atoms with van der Waals surface area (Å²) < 4.78 is 10.3. The quantitative estimate of drug-likeness (QED) is 0.576. The second-order valence-electron chi connectivity index (χ2n) is 3.85. The van der Waals surface area contributed by atoms with Crippen molar-refractivity contribution >= 4 is 11.7 Å². The predicted molar refractivity (Wildman–Crippen MR) is 65.4 cm³/mol. The minimum absolute atomic E-state index is 0.104. The van der Waals surface area contributed by atoms with Crippen LogP contribution < -0.4 is 9.64 Å². The Hall–Kier alpha value is -1.71. The molecule has 0 spiro atoms. The molecule has 1 aliphatic heterocycles. The van der Waals surface area contributed by atoms with Gasteiger partial charge in [0.05, 0.1) is 19.8 Å². The number of ether oxygens (including phenoxy) is 2. The van der Waals surface area contributed by atoms with Crippen LogP contribution in [0.5, 0.6) is 5.75 Å². The first-order valence-electron chi connectivity index (χ1n) is 5.92. The lowest BCUT2D eigenvalue weighted by Crippen LogP contribution is -2.15. The third-order valence-electron chi connectivity index (χ3n) is 2.65. The van der Waals surface area contributed by atoms with Gasteiger partial charge >= 0.3 is 5.97 Å². The Morgan fingerprint density at radius 3 is 2.59 bits per heavy atom. The normalized spacial score (nSPS) is 17.8. The summed E-state index contributed by atoms with van der Waals surface area (Å²) in [5.74, 6) is 0.715. The highest BCUT2D eigenvalue weighted by molar-refractivity contribution is 5.86. The molecule has 1 saturated heterocycles. The molecule has 1 atom stereocenters. The molecular formula is C13H17NO3. The van der Waals surface area contributed by atoms with Crippen LogP contribution in [0.15, 0.2) is 24.3 Å². The third kappa shape index (κ3) is 2.70. The number of carbonyl (C=O) groups is 1. The molecule has 4 nitrogen and oxygen atoms in total. The maximum atomic E-state index is 11.5. The highest BCUT2D eigenvalue weighted by Gasteiger charge is 2.41. The first-order valence-corrected chi connectivity index (χ1v) is 5.92. The van der Waals surface area contributed by atoms with Crippen LogP contribution in [-0.4, -0.2) is 31.8 Å². The van der Waals surface area contributed by atoms with Crippen LogP contribution in [0.4, 0.5) is 5.69 Å². The van der Waals surface area contributed by atoms with Gasteiger partial charge in [0.1, 0.15) is 11.8 Å². The standard InChI is InChI=1S/C13H17NO3/c1-3-16-11-7-5-10(6-8-11)14-9-12(14)13(15)17-4-2/h5-8,12H,3-4,9H2,1-2H3. The predicted octanol–water partition coefficient (Wildman–Crippen LogP) is 1.84. The van der Waals surface area contributed by atoms with Crippen molar-refractivity contribution in [2.45, 2.75) is 19.9 Å². The van der Waals surface area contributed by atoms with Crippen molar-refractivity contribution in [1.82, 2.24) is 0 Å². The van der Waals surface area contributed by atoms with E-state index in [-0.39, 0.29) is 12.0 Å². The van der Waals surface area contributed by atoms with Crippen LogP contribution in [0.25, 0.3) is 0 Å². The molecule has 1 aromatic rings. The lowest BCUT2D eigenvalue weighted by molar-refractivity contribution is -0.142. The van der Waals surface area contributed by atoms with Crippen molar-refractivity contribution in [3.05, 3.63) is 24.3 Å². The maximum absolute atomic E-state index is 11.5. The van der Waals surface area contributed by atoms with Gasteiger partial charge in [-0.25, -0.2) is 4.79 Å². The molecule has 1 unspecified atom stereocenters. The summed E-state index contributed by atoms with van der Waals surface area (Å²) in [6, 6.07) is 7.65. The zero-order chi connectivity index (χ0) is 12.3. The van der Waals surface area contributed by atoms with E-state index in [9.17, 15) is 4.79 Å². The largest absolute Gasteiger partial charge is 0.494 e. The minimum Gasteiger partial charge on any atom is -0.494 e. The number of anilines is 1. The van der Waals surface area contributed by atoms with E-state index in [0.717, 1.165) is 18.0 Å². The summed E-state index contributed by atoms with van der Waals surface area (Å²) in [5, 5.41) is 0. The fourth-order valence-electron chi connectivity index (χ4n) is 1.77. The molecule has 0 amide bonds. The van der Waals surface area contributed by atoms with Crippen molar-refractivity contribution < 1.29 is 14.3 Å². The molecule has 1 aromatic carbocycles. The van der Waals surface area contributed by atoms with Gasteiger partial charge in [0.25, 0.3) is 0 Å². The number of nitrogens with zero attached hydrogens (tertiary/aromatic N) is 1. The van der Waals surface area contributed by atoms with E-state index in [2.05, 4.69) is 0 Å². The Bertz CT molecular complexity index is 388. The Morgan fingerprint density at radius 2 is 2.00 bits per heavy atom. The molecule has 2 rings (SSSR count). The molecule has 1 aliphatic rings. The summed E-state index contributed by atoms with van der Waals surface area (Å²) in [6.45, 7) is 5.62. The Kier molecular flexibility index (Phi) is 3.52. The molecule has 1 fully saturated rings. The molecule has 92 valence electrons. The van der Waals surface area contributed by atoms with Gasteiger partial charge in [-0.15, -0.1) is 0 Å². The van der Waals surface area contributed by atoms with Gasteiger partial charge in [-0.05, 0) is 38.1 Å². The molecule has 0 radical (unpaired) electrons. The first-order chi connectivity index (χ1) is 8.26. The number of hydrogen-bond donors (Lipinski definition) is 0. The number of esters is 1. The molecule has 0 bridgehead atoms. The minimum atomic E-state index is -0.138. The third-order valence-corrected chi connectivity index (χ3v) is 2.65. The first kappa shape index (κ1) is 11.8. The number of carbonyl (C=O) groups excluding carboxylic acids is 1. The fraction of sp³-hybridized carbons (Fsp3) is 0.462. The van der Waals surface area contributed by atoms with Crippen molar-refractivity contribution in [1.29, 1.82) is 0 Å². The molecular weight excluding hydrogens is 218 g/mol. The van der Waals surface area contributed by atoms with Crippen molar-refractivity contribution in [3.8, 4) is 5.75 Å². The van der Waals surface area contributed by atoms with Crippen molar-refractivity contribution in [3.63, 3.8) is 0 Å². The highest BCUT2D eigenvalue weighted by atomic mass is 16.5. The van der Waals surface area contributed by atoms with E-state index in [4.69, 9.17) is 9.47 Å². The Balaban J connectivity index is 1.94. The average Bonchev–Trinajstić information content (AvgIpc) is 3.11. The topological polar surface area (TPSA) is 38.5 Å². The maximum Gasteiger partial charge on any atom is 0.330 e. The van der Waals surface area contributed by atoms with Crippen LogP contribution in [0.1, 0.15) is 13.8 Å². The van der Waals surface area contributed by atoms with E-state index in [1.165, 1.54) is 0 Å². The van der Waals surface area contributed by atoms with Gasteiger partial charge in [0.15, 0.2) is 0 Å². The molecule has 4 heteroatoms. The summed E-state index contributed by atoms with van der Waals surface area (Å²) in [4.78, 5) is 13.5. The van der Waals surface area contributed by atoms with Crippen LogP contribution in [-0.2, 0) is 9.53 Å². The van der Waals surface area contributed by atoms with E-state index in [1.54, 1.807) is 0 Å². The van der Waals surface area contributed by atoms with Crippen LogP contribution in [0.3, 0.4) is 0 Å². The van der Waals surface area contributed by atoms with Gasteiger partial charge in [-0.3, -0.25) is 0 Å². The molecule has 0 aliphatic carbocycles. The van der Waals surface area contributed by atoms with Gasteiger partial charge < -0.3 is 14.4 Å². The number of hydrogen-bond acceptors (Lipinski definition) is 4. The average molecular weight is 235 g/mol. The summed E-state index contributed by atoms with van der Waals surface area (Å²) in [6.07, 6.45) is 0. The molecule has 17 heavy (non-hydrogen) atoms. The number of rotatable bonds is 5. The molecule has 0 aromatic heterocycles. The highest BCUT2D eigenvalue weighted by Crippen LogP contribution is 2.29. The van der Waals surface area contributed by atoms with Crippen molar-refractivity contribution in [2.24, 2.45) is 0 Å². The van der Waals surface area contributed by atoms with Crippen LogP contribution in [0, 0.1) is 0 Å². The Labute approximate surface area is 101 Å². The zero-order valence-electron chi connectivity index (χ0n) is 10.2. The van der Waals surface area contributed by atoms with E-state index in [0.29, 0.717) is 13.2 Å². The summed E-state index contributed by atoms with van der Waals surface area (Å²) in [7, 11) is 0. The van der Waals surface area contributed by atoms with Crippen LogP contribution >= 0.6 is 0 Å². The van der Waals surface area contributed by atoms with Gasteiger partial charge in [-0.1, -0.05) is 0 Å². The van der Waals surface area contributed by atoms with E-state index >= 15 is 0 Å². The second kappa shape index (κ2) is 5.08. The van der Waals surface area contributed by atoms with Gasteiger partial charge in [0.2, 0.25) is 0 Å². The molecule has 1 heterocycles. The monoisotopic (exact) mass is 235 g/mol. The Morgan fingerprint density at radius 1 is 1.29 bits per heavy atom. The van der Waals surface area contributed by atoms with E-state index in [1.807, 2.05) is 43.0 Å².